The van der Waals surface area contributed by atoms with Crippen LogP contribution >= 0.6 is 0 Å². The van der Waals surface area contributed by atoms with E-state index in [1.165, 1.54) is 51.4 Å². The number of nitrogens with one attached hydrogen (secondary N) is 3. The highest BCUT2D eigenvalue weighted by molar-refractivity contribution is 5.87. The normalized spacial score (nSPS) is 12.6. The fourth-order valence-corrected chi connectivity index (χ4v) is 5.45. The molecule has 0 fully saturated rings. The molecule has 0 bridgehead atoms. The molecule has 16 nitrogen and oxygen atoms in total. The molecule has 3 atom stereocenters. The second-order valence-electron chi connectivity index (χ2n) is 13.0. The van der Waals surface area contributed by atoms with Crippen LogP contribution < -0.4 is 21.7 Å². The maximum Gasteiger partial charge on any atom is 0.326 e. The van der Waals surface area contributed by atoms with Gasteiger partial charge in [-0.1, -0.05) is 89.9 Å². The summed E-state index contributed by atoms with van der Waals surface area (Å²) in [5.74, 6) is -7.72. The largest absolute Gasteiger partial charge is 0.481 e. The number of amides is 4. The summed E-state index contributed by atoms with van der Waals surface area (Å²) < 4.78 is 0. The Morgan fingerprint density at radius 3 is 0.902 bits per heavy atom. The number of unbranched alkanes of at least 4 members (excludes halogenated alkanes) is 15. The summed E-state index contributed by atoms with van der Waals surface area (Å²) in [7, 11) is 0. The van der Waals surface area contributed by atoms with Gasteiger partial charge in [-0.15, -0.1) is 0 Å². The Morgan fingerprint density at radius 2 is 0.627 bits per heavy atom. The van der Waals surface area contributed by atoms with Crippen molar-refractivity contribution in [1.29, 1.82) is 0 Å². The van der Waals surface area contributed by atoms with Crippen molar-refractivity contribution in [2.24, 2.45) is 5.73 Å². The number of hydrogen-bond acceptors (Lipinski definition) is 8. The van der Waals surface area contributed by atoms with E-state index in [2.05, 4.69) is 16.0 Å². The van der Waals surface area contributed by atoms with Crippen molar-refractivity contribution in [2.45, 2.75) is 172 Å². The molecule has 16 heteroatoms. The number of rotatable bonds is 34. The Kier molecular flexibility index (Phi) is 27.0. The molecule has 9 N–H and O–H groups in total. The zero-order valence-corrected chi connectivity index (χ0v) is 29.8. The van der Waals surface area contributed by atoms with Gasteiger partial charge in [0.15, 0.2) is 0 Å². The summed E-state index contributed by atoms with van der Waals surface area (Å²) >= 11 is 0. The van der Waals surface area contributed by atoms with Crippen LogP contribution in [0.3, 0.4) is 0 Å². The van der Waals surface area contributed by atoms with E-state index >= 15 is 0 Å². The predicted octanol–water partition coefficient (Wildman–Crippen LogP) is 3.63. The number of aliphatic carboxylic acids is 4. The van der Waals surface area contributed by atoms with E-state index in [0.717, 1.165) is 44.9 Å². The Balaban J connectivity index is 4.14. The molecule has 0 saturated heterocycles. The number of carbonyl (C=O) groups is 8. The van der Waals surface area contributed by atoms with Crippen molar-refractivity contribution in [3.05, 3.63) is 0 Å². The molecule has 4 amide bonds. The molecule has 0 aliphatic heterocycles. The second-order valence-corrected chi connectivity index (χ2v) is 13.0. The molecule has 0 radical (unpaired) electrons. The highest BCUT2D eigenvalue weighted by atomic mass is 16.4. The van der Waals surface area contributed by atoms with Gasteiger partial charge in [-0.05, 0) is 32.1 Å². The molecule has 0 aliphatic carbocycles. The van der Waals surface area contributed by atoms with Crippen molar-refractivity contribution in [3.8, 4) is 0 Å². The predicted molar refractivity (Wildman–Crippen MR) is 186 cm³/mol. The molecule has 0 saturated carbocycles. The van der Waals surface area contributed by atoms with Crippen LogP contribution in [0, 0.1) is 0 Å². The van der Waals surface area contributed by atoms with Crippen molar-refractivity contribution in [1.82, 2.24) is 16.0 Å². The third kappa shape index (κ3) is 28.2. The van der Waals surface area contributed by atoms with Gasteiger partial charge in [0.2, 0.25) is 23.6 Å². The molecule has 0 unspecified atom stereocenters. The average molecular weight is 729 g/mol. The SMILES string of the molecule is NC(=O)CC[C@H](NC(=O)CC[C@H](NC(=O)CC[C@H](NC(=O)CCCCCCCCCCCCCCCCCCC(=O)O)C(=O)O)C(=O)O)C(=O)O. The van der Waals surface area contributed by atoms with Crippen LogP contribution in [0.4, 0.5) is 0 Å². The van der Waals surface area contributed by atoms with E-state index in [-0.39, 0.29) is 38.5 Å². The molecular weight excluding hydrogens is 668 g/mol. The van der Waals surface area contributed by atoms with E-state index in [0.29, 0.717) is 6.42 Å². The van der Waals surface area contributed by atoms with E-state index in [9.17, 15) is 53.7 Å². The van der Waals surface area contributed by atoms with Crippen LogP contribution in [0.25, 0.3) is 0 Å². The maximum atomic E-state index is 12.4. The van der Waals surface area contributed by atoms with Crippen LogP contribution in [0.2, 0.25) is 0 Å². The first kappa shape index (κ1) is 46.8. The smallest absolute Gasteiger partial charge is 0.326 e. The lowest BCUT2D eigenvalue weighted by Gasteiger charge is -2.18. The minimum Gasteiger partial charge on any atom is -0.481 e. The van der Waals surface area contributed by atoms with Crippen molar-refractivity contribution >= 4 is 47.5 Å². The molecule has 0 aromatic heterocycles. The van der Waals surface area contributed by atoms with Crippen LogP contribution in [0.5, 0.6) is 0 Å². The van der Waals surface area contributed by atoms with Gasteiger partial charge in [-0.2, -0.15) is 0 Å². The Bertz CT molecular complexity index is 1100. The highest BCUT2D eigenvalue weighted by Gasteiger charge is 2.26. The van der Waals surface area contributed by atoms with Crippen LogP contribution in [-0.2, 0) is 38.4 Å². The highest BCUT2D eigenvalue weighted by Crippen LogP contribution is 2.14. The summed E-state index contributed by atoms with van der Waals surface area (Å²) in [5.41, 5.74) is 4.99. The lowest BCUT2D eigenvalue weighted by Crippen LogP contribution is -2.45. The van der Waals surface area contributed by atoms with Crippen molar-refractivity contribution in [2.75, 3.05) is 0 Å². The topological polar surface area (TPSA) is 280 Å². The van der Waals surface area contributed by atoms with Gasteiger partial charge in [0.05, 0.1) is 0 Å². The molecule has 292 valence electrons. The molecule has 0 aromatic carbocycles. The fraction of sp³-hybridized carbons (Fsp3) is 0.771. The van der Waals surface area contributed by atoms with Gasteiger partial charge in [-0.3, -0.25) is 24.0 Å². The summed E-state index contributed by atoms with van der Waals surface area (Å²) in [6, 6.07) is -4.26. The number of primary amides is 1. The third-order valence-corrected chi connectivity index (χ3v) is 8.44. The van der Waals surface area contributed by atoms with Crippen LogP contribution in [-0.4, -0.2) is 86.1 Å². The van der Waals surface area contributed by atoms with Gasteiger partial charge in [0, 0.05) is 32.1 Å². The Hall–Kier alpha value is -4.24. The molecule has 51 heavy (non-hydrogen) atoms. The van der Waals surface area contributed by atoms with Crippen LogP contribution in [0.15, 0.2) is 0 Å². The van der Waals surface area contributed by atoms with E-state index < -0.39 is 78.5 Å². The zero-order chi connectivity index (χ0) is 38.4. The summed E-state index contributed by atoms with van der Waals surface area (Å²) in [5, 5.41) is 43.5. The first-order chi connectivity index (χ1) is 24.2. The number of carboxylic acids is 4. The molecule has 0 heterocycles. The van der Waals surface area contributed by atoms with Crippen LogP contribution in [0.1, 0.15) is 154 Å². The number of carbonyl (C=O) groups excluding carboxylic acids is 4. The van der Waals surface area contributed by atoms with E-state index in [1.807, 2.05) is 0 Å². The zero-order valence-electron chi connectivity index (χ0n) is 29.8. The summed E-state index contributed by atoms with van der Waals surface area (Å²) in [4.78, 5) is 92.8. The van der Waals surface area contributed by atoms with Gasteiger partial charge < -0.3 is 42.1 Å². The maximum absolute atomic E-state index is 12.4. The van der Waals surface area contributed by atoms with Gasteiger partial charge in [-0.25, -0.2) is 14.4 Å². The number of nitrogens with two attached hydrogens (primary N) is 1. The second kappa shape index (κ2) is 29.5. The van der Waals surface area contributed by atoms with E-state index in [4.69, 9.17) is 10.8 Å². The van der Waals surface area contributed by atoms with Crippen molar-refractivity contribution < 1.29 is 58.8 Å². The Morgan fingerprint density at radius 1 is 0.373 bits per heavy atom. The van der Waals surface area contributed by atoms with Gasteiger partial charge in [0.1, 0.15) is 18.1 Å². The molecular formula is C35H60N4O12. The Labute approximate surface area is 300 Å². The summed E-state index contributed by atoms with van der Waals surface area (Å²) in [6.45, 7) is 0. The van der Waals surface area contributed by atoms with E-state index in [1.54, 1.807) is 0 Å². The minimum absolute atomic E-state index is 0.146. The fourth-order valence-electron chi connectivity index (χ4n) is 5.45. The number of carboxylic acid groups (broad SMARTS) is 4. The monoisotopic (exact) mass is 728 g/mol. The first-order valence-electron chi connectivity index (χ1n) is 18.3. The van der Waals surface area contributed by atoms with Crippen molar-refractivity contribution in [3.63, 3.8) is 0 Å². The number of hydrogen-bond donors (Lipinski definition) is 8. The standard InChI is InChI=1S/C35H60N4O12/c36-28(40)22-19-25(33(46)47)38-30(42)24-21-27(35(50)51)39-31(43)23-20-26(34(48)49)37-29(41)17-15-13-11-9-7-5-3-1-2-4-6-8-10-12-14-16-18-32(44)45/h25-27H,1-24H2,(H2,36,40)(H,37,41)(H,38,42)(H,39,43)(H,44,45)(H,46,47)(H,48,49)(H,50,51)/t25-,26-,27-/m0/s1. The quantitative estimate of drug-likeness (QED) is 0.0441. The summed E-state index contributed by atoms with van der Waals surface area (Å²) in [6.07, 6.45) is 15.5. The lowest BCUT2D eigenvalue weighted by molar-refractivity contribution is -0.144. The lowest BCUT2D eigenvalue weighted by atomic mass is 10.0. The molecule has 0 rings (SSSR count). The molecule has 0 spiro atoms. The minimum atomic E-state index is -1.51. The molecule has 0 aromatic rings. The average Bonchev–Trinajstić information content (AvgIpc) is 3.05. The van der Waals surface area contributed by atoms with Gasteiger partial charge >= 0.3 is 23.9 Å². The molecule has 0 aliphatic rings. The van der Waals surface area contributed by atoms with Gasteiger partial charge in [0.25, 0.3) is 0 Å². The third-order valence-electron chi connectivity index (χ3n) is 8.44. The first-order valence-corrected chi connectivity index (χ1v) is 18.3.